The highest BCUT2D eigenvalue weighted by Crippen LogP contribution is 2.20. The first-order valence-electron chi connectivity index (χ1n) is 8.41. The molecule has 1 amide bonds. The molecule has 1 atom stereocenters. The average Bonchev–Trinajstić information content (AvgIpc) is 3.19. The third kappa shape index (κ3) is 7.37. The van der Waals surface area contributed by atoms with Crippen LogP contribution in [0.25, 0.3) is 0 Å². The van der Waals surface area contributed by atoms with Crippen LogP contribution in [-0.4, -0.2) is 68.3 Å². The molecule has 2 rings (SSSR count). The zero-order valence-electron chi connectivity index (χ0n) is 14.0. The second-order valence-corrected chi connectivity index (χ2v) is 6.42. The van der Waals surface area contributed by atoms with Crippen molar-refractivity contribution in [2.24, 2.45) is 4.99 Å². The number of guanidine groups is 1. The number of halogens is 3. The molecule has 138 valence electrons. The number of amides is 1. The number of aliphatic imine (C=N–C) groups is 1. The van der Waals surface area contributed by atoms with E-state index < -0.39 is 12.7 Å². The lowest BCUT2D eigenvalue weighted by molar-refractivity contribution is -0.143. The number of likely N-dealkylation sites (tertiary alicyclic amines) is 1. The van der Waals surface area contributed by atoms with Crippen molar-refractivity contribution < 1.29 is 18.0 Å². The Bertz CT molecular complexity index is 451. The fourth-order valence-electron chi connectivity index (χ4n) is 2.72. The minimum Gasteiger partial charge on any atom is -0.356 e. The largest absolute Gasteiger partial charge is 0.401 e. The lowest BCUT2D eigenvalue weighted by Gasteiger charge is -2.19. The standard InChI is InChI=1S/C15H26F3N5O/c1-19-14(20-7-2-3-13(24)21-11-4-5-11)22-12-6-8-23(9-12)10-15(16,17)18/h11-12H,2-10H2,1H3,(H,21,24)(H2,19,20,22). The molecule has 2 fully saturated rings. The number of rotatable bonds is 7. The molecule has 0 aromatic rings. The van der Waals surface area contributed by atoms with Crippen LogP contribution >= 0.6 is 0 Å². The summed E-state index contributed by atoms with van der Waals surface area (Å²) in [5, 5.41) is 9.17. The van der Waals surface area contributed by atoms with Gasteiger partial charge in [0.1, 0.15) is 0 Å². The molecule has 6 nitrogen and oxygen atoms in total. The van der Waals surface area contributed by atoms with Crippen molar-refractivity contribution in [3.8, 4) is 0 Å². The predicted octanol–water partition coefficient (Wildman–Crippen LogP) is 0.847. The average molecular weight is 349 g/mol. The molecule has 24 heavy (non-hydrogen) atoms. The maximum Gasteiger partial charge on any atom is 0.401 e. The van der Waals surface area contributed by atoms with Crippen LogP contribution in [0.3, 0.4) is 0 Å². The summed E-state index contributed by atoms with van der Waals surface area (Å²) in [4.78, 5) is 17.0. The molecule has 1 unspecified atom stereocenters. The van der Waals surface area contributed by atoms with Crippen LogP contribution in [0.2, 0.25) is 0 Å². The fraction of sp³-hybridized carbons (Fsp3) is 0.867. The van der Waals surface area contributed by atoms with Crippen molar-refractivity contribution in [2.45, 2.75) is 50.4 Å². The second-order valence-electron chi connectivity index (χ2n) is 6.42. The SMILES string of the molecule is CN=C(NCCCC(=O)NC1CC1)NC1CCN(CC(F)(F)F)C1. The Hall–Kier alpha value is -1.51. The van der Waals surface area contributed by atoms with E-state index in [2.05, 4.69) is 20.9 Å². The minimum absolute atomic E-state index is 0.0447. The van der Waals surface area contributed by atoms with Gasteiger partial charge in [-0.1, -0.05) is 0 Å². The Kier molecular flexibility index (Phi) is 6.70. The summed E-state index contributed by atoms with van der Waals surface area (Å²) in [6.45, 7) is 0.504. The van der Waals surface area contributed by atoms with E-state index >= 15 is 0 Å². The molecule has 0 aromatic carbocycles. The normalized spacial score (nSPS) is 22.5. The van der Waals surface area contributed by atoms with Crippen LogP contribution in [0.1, 0.15) is 32.1 Å². The first kappa shape index (κ1) is 18.8. The maximum atomic E-state index is 12.4. The number of nitrogens with one attached hydrogen (secondary N) is 3. The molecule has 0 bridgehead atoms. The molecule has 0 spiro atoms. The van der Waals surface area contributed by atoms with Crippen LogP contribution in [0, 0.1) is 0 Å². The van der Waals surface area contributed by atoms with E-state index in [1.165, 1.54) is 4.90 Å². The van der Waals surface area contributed by atoms with Gasteiger partial charge in [-0.15, -0.1) is 0 Å². The third-order valence-electron chi connectivity index (χ3n) is 4.06. The Labute approximate surface area is 140 Å². The quantitative estimate of drug-likeness (QED) is 0.362. The monoisotopic (exact) mass is 349 g/mol. The molecule has 1 aliphatic carbocycles. The van der Waals surface area contributed by atoms with Crippen molar-refractivity contribution in [2.75, 3.05) is 33.2 Å². The van der Waals surface area contributed by atoms with Crippen molar-refractivity contribution in [3.63, 3.8) is 0 Å². The topological polar surface area (TPSA) is 68.8 Å². The summed E-state index contributed by atoms with van der Waals surface area (Å²) in [6.07, 6.45) is -0.204. The molecule has 3 N–H and O–H groups in total. The highest BCUT2D eigenvalue weighted by atomic mass is 19.4. The Morgan fingerprint density at radius 1 is 1.21 bits per heavy atom. The zero-order valence-corrected chi connectivity index (χ0v) is 14.0. The molecule has 9 heteroatoms. The van der Waals surface area contributed by atoms with Gasteiger partial charge in [-0.3, -0.25) is 14.7 Å². The van der Waals surface area contributed by atoms with Crippen LogP contribution in [0.5, 0.6) is 0 Å². The van der Waals surface area contributed by atoms with Gasteiger partial charge in [0.25, 0.3) is 0 Å². The summed E-state index contributed by atoms with van der Waals surface area (Å²) in [7, 11) is 1.62. The molecule has 0 aromatic heterocycles. The minimum atomic E-state index is -4.16. The molecule has 1 heterocycles. The number of carbonyl (C=O) groups excluding carboxylic acids is 1. The van der Waals surface area contributed by atoms with Gasteiger partial charge in [0.15, 0.2) is 5.96 Å². The predicted molar refractivity (Wildman–Crippen MR) is 85.8 cm³/mol. The van der Waals surface area contributed by atoms with Crippen molar-refractivity contribution in [1.82, 2.24) is 20.9 Å². The van der Waals surface area contributed by atoms with E-state index in [0.29, 0.717) is 50.9 Å². The Morgan fingerprint density at radius 3 is 2.58 bits per heavy atom. The van der Waals surface area contributed by atoms with Crippen molar-refractivity contribution in [3.05, 3.63) is 0 Å². The maximum absolute atomic E-state index is 12.4. The fourth-order valence-corrected chi connectivity index (χ4v) is 2.72. The van der Waals surface area contributed by atoms with Crippen molar-refractivity contribution >= 4 is 11.9 Å². The van der Waals surface area contributed by atoms with E-state index in [9.17, 15) is 18.0 Å². The highest BCUT2D eigenvalue weighted by Gasteiger charge is 2.34. The van der Waals surface area contributed by atoms with E-state index in [-0.39, 0.29) is 11.9 Å². The number of carbonyl (C=O) groups is 1. The van der Waals surface area contributed by atoms with E-state index in [1.807, 2.05) is 0 Å². The summed E-state index contributed by atoms with van der Waals surface area (Å²) >= 11 is 0. The smallest absolute Gasteiger partial charge is 0.356 e. The van der Waals surface area contributed by atoms with Gasteiger partial charge in [0.2, 0.25) is 5.91 Å². The van der Waals surface area contributed by atoms with Gasteiger partial charge < -0.3 is 16.0 Å². The number of alkyl halides is 3. The van der Waals surface area contributed by atoms with Gasteiger partial charge >= 0.3 is 6.18 Å². The molecule has 0 radical (unpaired) electrons. The molecule has 2 aliphatic rings. The van der Waals surface area contributed by atoms with Crippen LogP contribution in [0.15, 0.2) is 4.99 Å². The van der Waals surface area contributed by atoms with E-state index in [1.54, 1.807) is 7.05 Å². The number of hydrogen-bond donors (Lipinski definition) is 3. The zero-order chi connectivity index (χ0) is 17.6. The summed E-state index contributed by atoms with van der Waals surface area (Å²) < 4.78 is 37.2. The number of hydrogen-bond acceptors (Lipinski definition) is 3. The van der Waals surface area contributed by atoms with Crippen LogP contribution < -0.4 is 16.0 Å². The third-order valence-corrected chi connectivity index (χ3v) is 4.06. The highest BCUT2D eigenvalue weighted by molar-refractivity contribution is 5.80. The van der Waals surface area contributed by atoms with E-state index in [4.69, 9.17) is 0 Å². The van der Waals surface area contributed by atoms with Crippen LogP contribution in [-0.2, 0) is 4.79 Å². The van der Waals surface area contributed by atoms with Gasteiger partial charge in [-0.05, 0) is 25.7 Å². The Morgan fingerprint density at radius 2 is 1.96 bits per heavy atom. The first-order valence-corrected chi connectivity index (χ1v) is 8.41. The second kappa shape index (κ2) is 8.55. The summed E-state index contributed by atoms with van der Waals surface area (Å²) in [5.74, 6) is 0.636. The molecule has 1 aliphatic heterocycles. The van der Waals surface area contributed by atoms with Crippen molar-refractivity contribution in [1.29, 1.82) is 0 Å². The van der Waals surface area contributed by atoms with Gasteiger partial charge in [-0.2, -0.15) is 13.2 Å². The van der Waals surface area contributed by atoms with E-state index in [0.717, 1.165) is 12.8 Å². The summed E-state index contributed by atoms with van der Waals surface area (Å²) in [5.41, 5.74) is 0. The first-order chi connectivity index (χ1) is 11.4. The molecular formula is C15H26F3N5O. The molecule has 1 saturated carbocycles. The van der Waals surface area contributed by atoms with Gasteiger partial charge in [0.05, 0.1) is 6.54 Å². The lowest BCUT2D eigenvalue weighted by Crippen LogP contribution is -2.45. The van der Waals surface area contributed by atoms with Gasteiger partial charge in [-0.25, -0.2) is 0 Å². The molecular weight excluding hydrogens is 323 g/mol. The summed E-state index contributed by atoms with van der Waals surface area (Å²) in [6, 6.07) is 0.332. The number of nitrogens with zero attached hydrogens (tertiary/aromatic N) is 2. The Balaban J connectivity index is 1.59. The molecule has 1 saturated heterocycles. The lowest BCUT2D eigenvalue weighted by atomic mass is 10.2. The van der Waals surface area contributed by atoms with Crippen LogP contribution in [0.4, 0.5) is 13.2 Å². The van der Waals surface area contributed by atoms with Gasteiger partial charge in [0, 0.05) is 45.2 Å².